The fourth-order valence-electron chi connectivity index (χ4n) is 4.71. The lowest BCUT2D eigenvalue weighted by Gasteiger charge is -2.28. The molecule has 4 fully saturated rings. The first-order chi connectivity index (χ1) is 11.5. The van der Waals surface area contributed by atoms with Crippen LogP contribution in [-0.4, -0.2) is 47.6 Å². The Morgan fingerprint density at radius 2 is 1.08 bits per heavy atom. The second-order valence-electron chi connectivity index (χ2n) is 7.61. The van der Waals surface area contributed by atoms with Gasteiger partial charge in [-0.3, -0.25) is 9.59 Å². The van der Waals surface area contributed by atoms with E-state index in [1.165, 1.54) is 0 Å². The average Bonchev–Trinajstić information content (AvgIpc) is 3.22. The highest BCUT2D eigenvalue weighted by Crippen LogP contribution is 2.38. The molecule has 6 nitrogen and oxygen atoms in total. The molecule has 6 heteroatoms. The lowest BCUT2D eigenvalue weighted by Crippen LogP contribution is -2.29. The number of hydrogen-bond donors (Lipinski definition) is 2. The lowest BCUT2D eigenvalue weighted by atomic mass is 9.79. The van der Waals surface area contributed by atoms with E-state index in [1.54, 1.807) is 0 Å². The maximum atomic E-state index is 10.7. The van der Waals surface area contributed by atoms with Gasteiger partial charge in [0.15, 0.2) is 0 Å². The summed E-state index contributed by atoms with van der Waals surface area (Å²) >= 11 is 0. The molecular weight excluding hydrogens is 312 g/mol. The van der Waals surface area contributed by atoms with Crippen LogP contribution >= 0.6 is 0 Å². The second kappa shape index (κ2) is 7.83. The summed E-state index contributed by atoms with van der Waals surface area (Å²) in [5, 5.41) is 17.6. The van der Waals surface area contributed by atoms with E-state index in [0.717, 1.165) is 64.6 Å². The summed E-state index contributed by atoms with van der Waals surface area (Å²) in [6.07, 6.45) is 8.04. The lowest BCUT2D eigenvalue weighted by molar-refractivity contribution is -0.145. The normalized spacial score (nSPS) is 40.8. The molecule has 0 aromatic rings. The van der Waals surface area contributed by atoms with Crippen LogP contribution < -0.4 is 0 Å². The van der Waals surface area contributed by atoms with Crippen LogP contribution in [0.4, 0.5) is 0 Å². The molecule has 2 heterocycles. The van der Waals surface area contributed by atoms with Gasteiger partial charge in [-0.1, -0.05) is 0 Å². The van der Waals surface area contributed by atoms with E-state index in [4.69, 9.17) is 19.7 Å². The molecule has 4 rings (SSSR count). The third-order valence-corrected chi connectivity index (χ3v) is 6.17. The Balaban J connectivity index is 0.000000141. The van der Waals surface area contributed by atoms with Crippen LogP contribution in [0.25, 0.3) is 0 Å². The molecule has 0 aromatic heterocycles. The number of rotatable bonds is 2. The maximum Gasteiger partial charge on any atom is 0.306 e. The number of carboxylic acids is 2. The molecule has 24 heavy (non-hydrogen) atoms. The number of carboxylic acid groups (broad SMARTS) is 2. The van der Waals surface area contributed by atoms with Crippen LogP contribution in [-0.2, 0) is 19.1 Å². The van der Waals surface area contributed by atoms with Gasteiger partial charge in [0.05, 0.1) is 24.0 Å². The van der Waals surface area contributed by atoms with E-state index >= 15 is 0 Å². The molecule has 0 bridgehead atoms. The zero-order chi connectivity index (χ0) is 17.1. The molecule has 2 N–H and O–H groups in total. The molecule has 0 radical (unpaired) electrons. The Hall–Kier alpha value is -1.14. The van der Waals surface area contributed by atoms with Crippen molar-refractivity contribution in [3.05, 3.63) is 0 Å². The van der Waals surface area contributed by atoms with E-state index in [9.17, 15) is 9.59 Å². The van der Waals surface area contributed by atoms with Crippen molar-refractivity contribution < 1.29 is 29.3 Å². The van der Waals surface area contributed by atoms with Crippen molar-refractivity contribution in [3.63, 3.8) is 0 Å². The molecular formula is C18H28O6. The Morgan fingerprint density at radius 1 is 0.667 bits per heavy atom. The van der Waals surface area contributed by atoms with Crippen molar-refractivity contribution in [2.24, 2.45) is 23.7 Å². The van der Waals surface area contributed by atoms with Crippen molar-refractivity contribution in [1.29, 1.82) is 0 Å². The van der Waals surface area contributed by atoms with E-state index in [1.807, 2.05) is 0 Å². The van der Waals surface area contributed by atoms with Crippen LogP contribution in [0.2, 0.25) is 0 Å². The summed E-state index contributed by atoms with van der Waals surface area (Å²) in [5.41, 5.74) is 0. The Morgan fingerprint density at radius 3 is 1.46 bits per heavy atom. The summed E-state index contributed by atoms with van der Waals surface area (Å²) < 4.78 is 11.0. The first kappa shape index (κ1) is 17.7. The number of ether oxygens (including phenoxy) is 2. The molecule has 0 amide bonds. The topological polar surface area (TPSA) is 93.1 Å². The summed E-state index contributed by atoms with van der Waals surface area (Å²) in [6, 6.07) is 0. The Labute approximate surface area is 142 Å². The van der Waals surface area contributed by atoms with E-state index in [-0.39, 0.29) is 11.8 Å². The summed E-state index contributed by atoms with van der Waals surface area (Å²) in [4.78, 5) is 21.4. The summed E-state index contributed by atoms with van der Waals surface area (Å²) in [5.74, 6) is -0.402. The molecule has 0 aromatic carbocycles. The first-order valence-corrected chi connectivity index (χ1v) is 9.23. The van der Waals surface area contributed by atoms with Crippen LogP contribution in [0.5, 0.6) is 0 Å². The van der Waals surface area contributed by atoms with Crippen molar-refractivity contribution >= 4 is 11.9 Å². The van der Waals surface area contributed by atoms with Crippen LogP contribution in [0, 0.1) is 23.7 Å². The van der Waals surface area contributed by atoms with Gasteiger partial charge in [0.1, 0.15) is 0 Å². The van der Waals surface area contributed by atoms with Crippen LogP contribution in [0.3, 0.4) is 0 Å². The van der Waals surface area contributed by atoms with Crippen molar-refractivity contribution in [2.75, 3.05) is 13.2 Å². The predicted octanol–water partition coefficient (Wildman–Crippen LogP) is 2.55. The predicted molar refractivity (Wildman–Crippen MR) is 85.6 cm³/mol. The van der Waals surface area contributed by atoms with Gasteiger partial charge in [-0.25, -0.2) is 0 Å². The Bertz CT molecular complexity index is 422. The molecule has 6 atom stereocenters. The number of hydrogen-bond acceptors (Lipinski definition) is 4. The molecule has 2 saturated heterocycles. The van der Waals surface area contributed by atoms with Gasteiger partial charge in [0.25, 0.3) is 0 Å². The highest BCUT2D eigenvalue weighted by molar-refractivity contribution is 5.70. The van der Waals surface area contributed by atoms with Gasteiger partial charge in [0, 0.05) is 13.2 Å². The summed E-state index contributed by atoms with van der Waals surface area (Å²) in [6.45, 7) is 1.67. The molecule has 2 saturated carbocycles. The smallest absolute Gasteiger partial charge is 0.306 e. The fourth-order valence-corrected chi connectivity index (χ4v) is 4.71. The van der Waals surface area contributed by atoms with Gasteiger partial charge in [-0.05, 0) is 63.2 Å². The zero-order valence-electron chi connectivity index (χ0n) is 14.1. The molecule has 4 aliphatic rings. The van der Waals surface area contributed by atoms with Crippen molar-refractivity contribution in [3.8, 4) is 0 Å². The first-order valence-electron chi connectivity index (χ1n) is 9.23. The van der Waals surface area contributed by atoms with Crippen molar-refractivity contribution in [1.82, 2.24) is 0 Å². The fraction of sp³-hybridized carbons (Fsp3) is 0.889. The summed E-state index contributed by atoms with van der Waals surface area (Å²) in [7, 11) is 0. The van der Waals surface area contributed by atoms with Crippen molar-refractivity contribution in [2.45, 2.75) is 63.6 Å². The van der Waals surface area contributed by atoms with Gasteiger partial charge in [-0.2, -0.15) is 0 Å². The van der Waals surface area contributed by atoms with E-state index in [2.05, 4.69) is 0 Å². The number of fused-ring (bicyclic) bond motifs is 2. The van der Waals surface area contributed by atoms with Gasteiger partial charge in [0.2, 0.25) is 0 Å². The monoisotopic (exact) mass is 340 g/mol. The molecule has 2 aliphatic heterocycles. The van der Waals surface area contributed by atoms with Gasteiger partial charge < -0.3 is 19.7 Å². The minimum Gasteiger partial charge on any atom is -0.481 e. The molecule has 0 spiro atoms. The van der Waals surface area contributed by atoms with Gasteiger partial charge in [-0.15, -0.1) is 0 Å². The third-order valence-electron chi connectivity index (χ3n) is 6.17. The Kier molecular flexibility index (Phi) is 5.76. The largest absolute Gasteiger partial charge is 0.481 e. The second-order valence-corrected chi connectivity index (χ2v) is 7.61. The highest BCUT2D eigenvalue weighted by atomic mass is 16.5. The van der Waals surface area contributed by atoms with E-state index in [0.29, 0.717) is 24.0 Å². The minimum atomic E-state index is -0.625. The zero-order valence-corrected chi connectivity index (χ0v) is 14.1. The molecule has 136 valence electrons. The standard InChI is InChI=1S/2C9H14O3/c2*10-9(11)7-1-2-8-6(5-7)3-4-12-8/h2*6-8H,1-5H2,(H,10,11)/t2*6-,7?,8+/m10/s1. The van der Waals surface area contributed by atoms with E-state index < -0.39 is 11.9 Å². The third kappa shape index (κ3) is 4.09. The SMILES string of the molecule is O=C(O)C1CC[C@@H]2OCC[C@@H]2C1.O=C(O)C1CC[C@H]2OCC[C@H]2C1. The number of carbonyl (C=O) groups is 2. The number of aliphatic carboxylic acids is 2. The average molecular weight is 340 g/mol. The van der Waals surface area contributed by atoms with Crippen LogP contribution in [0.1, 0.15) is 51.4 Å². The molecule has 2 unspecified atom stereocenters. The molecule has 2 aliphatic carbocycles. The highest BCUT2D eigenvalue weighted by Gasteiger charge is 2.38. The van der Waals surface area contributed by atoms with Crippen LogP contribution in [0.15, 0.2) is 0 Å². The van der Waals surface area contributed by atoms with Gasteiger partial charge >= 0.3 is 11.9 Å². The minimum absolute atomic E-state index is 0.104. The maximum absolute atomic E-state index is 10.7. The quantitative estimate of drug-likeness (QED) is 0.802.